The van der Waals surface area contributed by atoms with E-state index in [1.807, 2.05) is 55.5 Å². The molecule has 4 nitrogen and oxygen atoms in total. The molecule has 0 bridgehead atoms. The maximum Gasteiger partial charge on any atom is 0.251 e. The predicted octanol–water partition coefficient (Wildman–Crippen LogP) is 6.04. The van der Waals surface area contributed by atoms with Crippen LogP contribution in [0.2, 0.25) is 5.02 Å². The van der Waals surface area contributed by atoms with Crippen LogP contribution in [0.15, 0.2) is 60.7 Å². The van der Waals surface area contributed by atoms with Crippen molar-refractivity contribution >= 4 is 17.5 Å². The molecule has 0 aliphatic carbocycles. The zero-order valence-electron chi connectivity index (χ0n) is 17.7. The number of benzene rings is 3. The number of ether oxygens (including phenoxy) is 2. The number of hydrogen-bond acceptors (Lipinski definition) is 3. The van der Waals surface area contributed by atoms with Crippen molar-refractivity contribution in [3.05, 3.63) is 93.5 Å². The molecule has 0 unspecified atom stereocenters. The van der Waals surface area contributed by atoms with Crippen LogP contribution < -0.4 is 14.8 Å². The van der Waals surface area contributed by atoms with Crippen LogP contribution in [0.4, 0.5) is 0 Å². The molecule has 156 valence electrons. The van der Waals surface area contributed by atoms with Crippen LogP contribution in [0.5, 0.6) is 11.5 Å². The molecule has 0 spiro atoms. The molecule has 30 heavy (non-hydrogen) atoms. The highest BCUT2D eigenvalue weighted by molar-refractivity contribution is 6.30. The second-order valence-corrected chi connectivity index (χ2v) is 7.74. The van der Waals surface area contributed by atoms with Crippen LogP contribution in [0.3, 0.4) is 0 Å². The number of aryl methyl sites for hydroxylation is 2. The Balaban J connectivity index is 1.73. The van der Waals surface area contributed by atoms with Gasteiger partial charge in [-0.2, -0.15) is 0 Å². The first-order valence-corrected chi connectivity index (χ1v) is 10.2. The van der Waals surface area contributed by atoms with Gasteiger partial charge in [-0.1, -0.05) is 29.8 Å². The van der Waals surface area contributed by atoms with Gasteiger partial charge in [-0.15, -0.1) is 0 Å². The van der Waals surface area contributed by atoms with Crippen LogP contribution in [-0.2, 0) is 6.61 Å². The van der Waals surface area contributed by atoms with Gasteiger partial charge in [0, 0.05) is 16.1 Å². The van der Waals surface area contributed by atoms with E-state index in [4.69, 9.17) is 21.1 Å². The average Bonchev–Trinajstić information content (AvgIpc) is 2.74. The maximum absolute atomic E-state index is 12.8. The third-order valence-corrected chi connectivity index (χ3v) is 5.38. The number of halogens is 1. The van der Waals surface area contributed by atoms with E-state index in [9.17, 15) is 4.79 Å². The summed E-state index contributed by atoms with van der Waals surface area (Å²) in [6.07, 6.45) is 0. The maximum atomic E-state index is 12.8. The molecular weight excluding hydrogens is 398 g/mol. The number of nitrogens with one attached hydrogen (secondary N) is 1. The Hall–Kier alpha value is -2.98. The molecule has 3 aromatic carbocycles. The van der Waals surface area contributed by atoms with Crippen LogP contribution in [-0.4, -0.2) is 13.0 Å². The molecule has 0 saturated carbocycles. The van der Waals surface area contributed by atoms with Gasteiger partial charge in [-0.05, 0) is 79.9 Å². The Morgan fingerprint density at radius 2 is 1.73 bits per heavy atom. The van der Waals surface area contributed by atoms with Crippen molar-refractivity contribution in [1.29, 1.82) is 0 Å². The number of methoxy groups -OCH3 is 1. The van der Waals surface area contributed by atoms with E-state index >= 15 is 0 Å². The molecule has 0 fully saturated rings. The van der Waals surface area contributed by atoms with Gasteiger partial charge in [0.2, 0.25) is 0 Å². The number of hydrogen-bond donors (Lipinski definition) is 1. The zero-order valence-corrected chi connectivity index (χ0v) is 18.4. The van der Waals surface area contributed by atoms with E-state index < -0.39 is 0 Å². The lowest BCUT2D eigenvalue weighted by molar-refractivity contribution is 0.0939. The minimum absolute atomic E-state index is 0.146. The fourth-order valence-corrected chi connectivity index (χ4v) is 3.24. The molecule has 1 atom stereocenters. The van der Waals surface area contributed by atoms with Gasteiger partial charge in [0.05, 0.1) is 13.2 Å². The summed E-state index contributed by atoms with van der Waals surface area (Å²) in [5.74, 6) is 1.31. The van der Waals surface area contributed by atoms with E-state index in [1.165, 1.54) is 11.1 Å². The quantitative estimate of drug-likeness (QED) is 0.504. The molecule has 5 heteroatoms. The van der Waals surface area contributed by atoms with E-state index in [1.54, 1.807) is 19.2 Å². The zero-order chi connectivity index (χ0) is 21.7. The Morgan fingerprint density at radius 3 is 2.40 bits per heavy atom. The van der Waals surface area contributed by atoms with E-state index in [-0.39, 0.29) is 11.9 Å². The molecule has 0 aliphatic heterocycles. The first-order valence-electron chi connectivity index (χ1n) is 9.80. The molecule has 1 N–H and O–H groups in total. The lowest BCUT2D eigenvalue weighted by Crippen LogP contribution is -2.26. The third-order valence-electron chi connectivity index (χ3n) is 5.13. The van der Waals surface area contributed by atoms with Crippen molar-refractivity contribution in [2.45, 2.75) is 33.4 Å². The lowest BCUT2D eigenvalue weighted by atomic mass is 10.1. The highest BCUT2D eigenvalue weighted by atomic mass is 35.5. The predicted molar refractivity (Wildman–Crippen MR) is 121 cm³/mol. The monoisotopic (exact) mass is 423 g/mol. The molecule has 1 amide bonds. The second-order valence-electron chi connectivity index (χ2n) is 7.31. The summed E-state index contributed by atoms with van der Waals surface area (Å²) in [5.41, 5.74) is 4.73. The lowest BCUT2D eigenvalue weighted by Gasteiger charge is -2.16. The fraction of sp³-hybridized carbons (Fsp3) is 0.240. The van der Waals surface area contributed by atoms with Crippen molar-refractivity contribution in [3.63, 3.8) is 0 Å². The minimum Gasteiger partial charge on any atom is -0.496 e. The first-order chi connectivity index (χ1) is 14.4. The smallest absolute Gasteiger partial charge is 0.251 e. The van der Waals surface area contributed by atoms with Crippen molar-refractivity contribution < 1.29 is 14.3 Å². The van der Waals surface area contributed by atoms with Gasteiger partial charge in [-0.25, -0.2) is 0 Å². The Bertz CT molecular complexity index is 1030. The van der Waals surface area contributed by atoms with Crippen LogP contribution >= 0.6 is 11.6 Å². The van der Waals surface area contributed by atoms with Crippen molar-refractivity contribution in [2.24, 2.45) is 0 Å². The molecule has 3 aromatic rings. The van der Waals surface area contributed by atoms with E-state index in [2.05, 4.69) is 19.2 Å². The highest BCUT2D eigenvalue weighted by Gasteiger charge is 2.14. The number of rotatable bonds is 7. The molecular formula is C25H26ClNO3. The van der Waals surface area contributed by atoms with Gasteiger partial charge in [0.15, 0.2) is 0 Å². The molecule has 0 aromatic heterocycles. The number of carbonyl (C=O) groups is 1. The summed E-state index contributed by atoms with van der Waals surface area (Å²) in [6, 6.07) is 18.6. The Morgan fingerprint density at radius 1 is 1.00 bits per heavy atom. The molecule has 0 saturated heterocycles. The van der Waals surface area contributed by atoms with E-state index in [0.29, 0.717) is 22.9 Å². The second kappa shape index (κ2) is 9.68. The standard InChI is InChI=1S/C25H26ClNO3/c1-16-5-11-23(13-17(16)2)30-15-21-14-20(8-12-24(21)29-4)25(28)27-18(3)19-6-9-22(26)10-7-19/h5-14,18H,15H2,1-4H3,(H,27,28)/t18-/m0/s1. The van der Waals surface area contributed by atoms with Crippen LogP contribution in [0, 0.1) is 13.8 Å². The van der Waals surface area contributed by atoms with Crippen LogP contribution in [0.25, 0.3) is 0 Å². The minimum atomic E-state index is -0.160. The van der Waals surface area contributed by atoms with Crippen molar-refractivity contribution in [1.82, 2.24) is 5.32 Å². The van der Waals surface area contributed by atoms with Crippen molar-refractivity contribution in [2.75, 3.05) is 7.11 Å². The summed E-state index contributed by atoms with van der Waals surface area (Å²) in [5, 5.41) is 3.69. The third kappa shape index (κ3) is 5.33. The Labute approximate surface area is 182 Å². The van der Waals surface area contributed by atoms with Gasteiger partial charge in [-0.3, -0.25) is 4.79 Å². The topological polar surface area (TPSA) is 47.6 Å². The first kappa shape index (κ1) is 21.7. The van der Waals surface area contributed by atoms with Gasteiger partial charge >= 0.3 is 0 Å². The van der Waals surface area contributed by atoms with Gasteiger partial charge in [0.1, 0.15) is 18.1 Å². The molecule has 3 rings (SSSR count). The average molecular weight is 424 g/mol. The summed E-state index contributed by atoms with van der Waals surface area (Å²) < 4.78 is 11.4. The summed E-state index contributed by atoms with van der Waals surface area (Å²) in [4.78, 5) is 12.8. The number of amides is 1. The van der Waals surface area contributed by atoms with Gasteiger partial charge in [0.25, 0.3) is 5.91 Å². The van der Waals surface area contributed by atoms with Crippen LogP contribution in [0.1, 0.15) is 45.6 Å². The summed E-state index contributed by atoms with van der Waals surface area (Å²) in [7, 11) is 1.61. The fourth-order valence-electron chi connectivity index (χ4n) is 3.11. The summed E-state index contributed by atoms with van der Waals surface area (Å²) in [6.45, 7) is 6.36. The highest BCUT2D eigenvalue weighted by Crippen LogP contribution is 2.24. The molecule has 0 radical (unpaired) electrons. The normalized spacial score (nSPS) is 11.6. The largest absolute Gasteiger partial charge is 0.496 e. The van der Waals surface area contributed by atoms with Gasteiger partial charge < -0.3 is 14.8 Å². The Kier molecular flexibility index (Phi) is 7.01. The summed E-state index contributed by atoms with van der Waals surface area (Å²) >= 11 is 5.94. The number of carbonyl (C=O) groups excluding carboxylic acids is 1. The van der Waals surface area contributed by atoms with Crippen molar-refractivity contribution in [3.8, 4) is 11.5 Å². The molecule has 0 heterocycles. The molecule has 0 aliphatic rings. The van der Waals surface area contributed by atoms with E-state index in [0.717, 1.165) is 16.9 Å². The SMILES string of the molecule is COc1ccc(C(=O)N[C@@H](C)c2ccc(Cl)cc2)cc1COc1ccc(C)c(C)c1.